The Morgan fingerprint density at radius 1 is 0.703 bits per heavy atom. The minimum Gasteiger partial charge on any atom is -0.328 e. The number of carbonyl (C=O) groups is 1. The van der Waals surface area contributed by atoms with Gasteiger partial charge < -0.3 is 5.32 Å². The Hall–Kier alpha value is -5.10. The Kier molecular flexibility index (Phi) is 6.67. The van der Waals surface area contributed by atoms with Crippen molar-refractivity contribution in [3.63, 3.8) is 0 Å². The van der Waals surface area contributed by atoms with Gasteiger partial charge in [-0.1, -0.05) is 18.2 Å². The fraction of sp³-hybridized carbons (Fsp3) is 0.120. The maximum absolute atomic E-state index is 13.7. The average molecular weight is 502 g/mol. The van der Waals surface area contributed by atoms with Gasteiger partial charge in [0.05, 0.1) is 22.7 Å². The highest BCUT2D eigenvalue weighted by atomic mass is 16.5. The lowest BCUT2D eigenvalue weighted by atomic mass is 10.1. The molecular weight excluding hydrogens is 480 g/mol. The third kappa shape index (κ3) is 4.36. The number of aromatic nitrogens is 3. The van der Waals surface area contributed by atoms with E-state index in [-0.39, 0.29) is 28.4 Å². The summed E-state index contributed by atoms with van der Waals surface area (Å²) < 4.78 is 2.28. The second kappa shape index (κ2) is 9.87. The Balaban J connectivity index is 2.16. The molecule has 0 aliphatic carbocycles. The second-order valence-corrected chi connectivity index (χ2v) is 8.29. The minimum absolute atomic E-state index is 0.0167. The van der Waals surface area contributed by atoms with E-state index in [4.69, 9.17) is 0 Å². The summed E-state index contributed by atoms with van der Waals surface area (Å²) >= 11 is 0. The predicted molar refractivity (Wildman–Crippen MR) is 138 cm³/mol. The van der Waals surface area contributed by atoms with Crippen LogP contribution in [0.5, 0.6) is 0 Å². The van der Waals surface area contributed by atoms with Crippen molar-refractivity contribution >= 4 is 23.5 Å². The summed E-state index contributed by atoms with van der Waals surface area (Å²) in [7, 11) is 0. The molecule has 1 heterocycles. The molecule has 0 fully saturated rings. The molecule has 0 aliphatic heterocycles. The molecule has 12 heteroatoms. The van der Waals surface area contributed by atoms with Crippen molar-refractivity contribution in [1.29, 1.82) is 0 Å². The SMILES string of the molecule is Cc1ccc(-n2c(=O)n(-c3ccc(C)c(NO)c3)c(=O)n(-c3ccc(C)c(NC=O)c3)c2=O)cc1N=O. The highest BCUT2D eigenvalue weighted by molar-refractivity contribution is 5.74. The van der Waals surface area contributed by atoms with Gasteiger partial charge in [0.2, 0.25) is 6.41 Å². The Morgan fingerprint density at radius 3 is 1.59 bits per heavy atom. The van der Waals surface area contributed by atoms with E-state index in [1.54, 1.807) is 32.9 Å². The molecule has 0 bridgehead atoms. The second-order valence-electron chi connectivity index (χ2n) is 8.29. The maximum atomic E-state index is 13.7. The van der Waals surface area contributed by atoms with Gasteiger partial charge in [-0.2, -0.15) is 0 Å². The van der Waals surface area contributed by atoms with Crippen LogP contribution in [0.15, 0.2) is 74.2 Å². The van der Waals surface area contributed by atoms with Gasteiger partial charge in [-0.3, -0.25) is 15.5 Å². The maximum Gasteiger partial charge on any atom is 0.345 e. The van der Waals surface area contributed by atoms with Crippen LogP contribution in [0.25, 0.3) is 17.1 Å². The molecule has 4 rings (SSSR count). The van der Waals surface area contributed by atoms with Crippen LogP contribution < -0.4 is 27.9 Å². The van der Waals surface area contributed by atoms with Crippen molar-refractivity contribution in [1.82, 2.24) is 13.7 Å². The van der Waals surface area contributed by atoms with Crippen molar-refractivity contribution in [3.8, 4) is 17.1 Å². The lowest BCUT2D eigenvalue weighted by Gasteiger charge is -2.16. The van der Waals surface area contributed by atoms with E-state index in [0.717, 1.165) is 13.7 Å². The summed E-state index contributed by atoms with van der Waals surface area (Å²) in [5, 5.41) is 14.9. The molecular formula is C25H22N6O6. The van der Waals surface area contributed by atoms with E-state index in [0.29, 0.717) is 28.8 Å². The summed E-state index contributed by atoms with van der Waals surface area (Å²) in [5.74, 6) is 0. The Morgan fingerprint density at radius 2 is 1.14 bits per heavy atom. The van der Waals surface area contributed by atoms with Crippen molar-refractivity contribution in [3.05, 3.63) is 108 Å². The molecule has 1 amide bonds. The normalized spacial score (nSPS) is 10.7. The van der Waals surface area contributed by atoms with Crippen LogP contribution in [0.1, 0.15) is 16.7 Å². The van der Waals surface area contributed by atoms with Crippen molar-refractivity contribution < 1.29 is 10.0 Å². The number of rotatable bonds is 7. The number of nitrogens with zero attached hydrogens (tertiary/aromatic N) is 4. The summed E-state index contributed by atoms with van der Waals surface area (Å²) in [6, 6.07) is 13.2. The minimum atomic E-state index is -1.00. The zero-order valence-electron chi connectivity index (χ0n) is 20.1. The van der Waals surface area contributed by atoms with Gasteiger partial charge in [-0.15, -0.1) is 4.91 Å². The van der Waals surface area contributed by atoms with Gasteiger partial charge in [-0.05, 0) is 79.0 Å². The highest BCUT2D eigenvalue weighted by Gasteiger charge is 2.21. The molecule has 12 nitrogen and oxygen atoms in total. The van der Waals surface area contributed by atoms with E-state index in [9.17, 15) is 29.3 Å². The molecule has 3 N–H and O–H groups in total. The summed E-state index contributed by atoms with van der Waals surface area (Å²) in [5.41, 5.74) is 1.65. The van der Waals surface area contributed by atoms with E-state index in [1.165, 1.54) is 42.5 Å². The van der Waals surface area contributed by atoms with E-state index >= 15 is 0 Å². The number of benzene rings is 3. The number of carbonyl (C=O) groups excluding carboxylic acids is 1. The van der Waals surface area contributed by atoms with Crippen molar-refractivity contribution in [2.75, 3.05) is 10.8 Å². The fourth-order valence-electron chi connectivity index (χ4n) is 3.88. The standard InChI is InChI=1S/C25H22N6O6/c1-14-4-7-17(10-20(14)26-13-32)29-23(33)30(18-8-5-15(2)21(11-18)27-36)25(35)31(24(29)34)19-9-6-16(3)22(12-19)28-37/h4-13,27,36H,1-3H3,(H,26,32). The molecule has 4 aromatic rings. The van der Waals surface area contributed by atoms with Crippen LogP contribution in [0, 0.1) is 25.7 Å². The first-order chi connectivity index (χ1) is 17.7. The highest BCUT2D eigenvalue weighted by Crippen LogP contribution is 2.22. The van der Waals surface area contributed by atoms with Gasteiger partial charge in [0.25, 0.3) is 0 Å². The lowest BCUT2D eigenvalue weighted by Crippen LogP contribution is -2.52. The predicted octanol–water partition coefficient (Wildman–Crippen LogP) is 2.83. The molecule has 37 heavy (non-hydrogen) atoms. The summed E-state index contributed by atoms with van der Waals surface area (Å²) in [4.78, 5) is 63.4. The summed E-state index contributed by atoms with van der Waals surface area (Å²) in [6.07, 6.45) is 0.462. The number of amides is 1. The monoisotopic (exact) mass is 502 g/mol. The van der Waals surface area contributed by atoms with Crippen molar-refractivity contribution in [2.24, 2.45) is 5.18 Å². The molecule has 0 atom stereocenters. The molecule has 0 saturated carbocycles. The summed E-state index contributed by atoms with van der Waals surface area (Å²) in [6.45, 7) is 5.08. The van der Waals surface area contributed by atoms with Gasteiger partial charge in [0, 0.05) is 5.69 Å². The van der Waals surface area contributed by atoms with Crippen LogP contribution in [0.4, 0.5) is 17.1 Å². The van der Waals surface area contributed by atoms with Crippen LogP contribution in [0.3, 0.4) is 0 Å². The van der Waals surface area contributed by atoms with Gasteiger partial charge >= 0.3 is 17.1 Å². The largest absolute Gasteiger partial charge is 0.345 e. The first-order valence-electron chi connectivity index (χ1n) is 11.0. The van der Waals surface area contributed by atoms with Gasteiger partial charge in [0.15, 0.2) is 0 Å². The van der Waals surface area contributed by atoms with Gasteiger partial charge in [-0.25, -0.2) is 28.1 Å². The number of nitrogens with one attached hydrogen (secondary N) is 2. The van der Waals surface area contributed by atoms with Gasteiger partial charge in [0.1, 0.15) is 5.69 Å². The number of nitroso groups, excluding NO2 is 1. The third-order valence-corrected chi connectivity index (χ3v) is 5.99. The third-order valence-electron chi connectivity index (χ3n) is 5.99. The Bertz CT molecular complexity index is 1730. The molecule has 0 spiro atoms. The lowest BCUT2D eigenvalue weighted by molar-refractivity contribution is -0.105. The smallest absolute Gasteiger partial charge is 0.328 e. The molecule has 1 aromatic heterocycles. The molecule has 0 aliphatic rings. The molecule has 3 aromatic carbocycles. The van der Waals surface area contributed by atoms with E-state index in [1.807, 2.05) is 5.48 Å². The van der Waals surface area contributed by atoms with Crippen LogP contribution in [-0.4, -0.2) is 25.3 Å². The average Bonchev–Trinajstić information content (AvgIpc) is 2.87. The molecule has 0 radical (unpaired) electrons. The molecule has 0 unspecified atom stereocenters. The quantitative estimate of drug-likeness (QED) is 0.199. The molecule has 0 saturated heterocycles. The Labute approximate surface area is 209 Å². The number of anilines is 2. The first-order valence-corrected chi connectivity index (χ1v) is 11.0. The fourth-order valence-corrected chi connectivity index (χ4v) is 3.88. The van der Waals surface area contributed by atoms with E-state index < -0.39 is 17.1 Å². The van der Waals surface area contributed by atoms with Crippen LogP contribution >= 0.6 is 0 Å². The topological polar surface area (TPSA) is 157 Å². The first kappa shape index (κ1) is 25.0. The number of aryl methyl sites for hydroxylation is 3. The zero-order chi connectivity index (χ0) is 26.9. The zero-order valence-corrected chi connectivity index (χ0v) is 20.1. The van der Waals surface area contributed by atoms with Crippen LogP contribution in [-0.2, 0) is 4.79 Å². The van der Waals surface area contributed by atoms with Crippen molar-refractivity contribution in [2.45, 2.75) is 20.8 Å². The molecule has 188 valence electrons. The number of hydrogen-bond acceptors (Lipinski definition) is 8. The van der Waals surface area contributed by atoms with Crippen LogP contribution in [0.2, 0.25) is 0 Å². The number of hydrogen-bond donors (Lipinski definition) is 3. The van der Waals surface area contributed by atoms with E-state index in [2.05, 4.69) is 10.5 Å².